The second-order valence-corrected chi connectivity index (χ2v) is 7.76. The Morgan fingerprint density at radius 2 is 1.92 bits per heavy atom. The summed E-state index contributed by atoms with van der Waals surface area (Å²) < 4.78 is 1.98. The number of rotatable bonds is 3. The number of benzene rings is 1. The smallest absolute Gasteiger partial charge is 0.157 e. The molecule has 0 unspecified atom stereocenters. The highest BCUT2D eigenvalue weighted by Gasteiger charge is 2.42. The van der Waals surface area contributed by atoms with E-state index in [0.29, 0.717) is 0 Å². The van der Waals surface area contributed by atoms with Gasteiger partial charge in [-0.05, 0) is 51.3 Å². The fourth-order valence-corrected chi connectivity index (χ4v) is 4.60. The number of fused-ring (bicyclic) bond motifs is 3. The van der Waals surface area contributed by atoms with Gasteiger partial charge >= 0.3 is 0 Å². The predicted octanol–water partition coefficient (Wildman–Crippen LogP) is 3.22. The van der Waals surface area contributed by atoms with Gasteiger partial charge < -0.3 is 10.6 Å². The van der Waals surface area contributed by atoms with Crippen LogP contribution in [0.1, 0.15) is 41.6 Å². The summed E-state index contributed by atoms with van der Waals surface area (Å²) in [5, 5.41) is 11.7. The molecular weight excluding hydrogens is 322 g/mol. The van der Waals surface area contributed by atoms with E-state index >= 15 is 0 Å². The molecule has 1 aliphatic heterocycles. The van der Waals surface area contributed by atoms with Gasteiger partial charge in [-0.1, -0.05) is 29.8 Å². The minimum atomic E-state index is 0.257. The largest absolute Gasteiger partial charge is 0.366 e. The summed E-state index contributed by atoms with van der Waals surface area (Å²) in [4.78, 5) is 5.05. The molecule has 0 atom stereocenters. The molecule has 2 N–H and O–H groups in total. The Morgan fingerprint density at radius 3 is 2.73 bits per heavy atom. The number of hydrogen-bond acceptors (Lipinski definition) is 4. The Morgan fingerprint density at radius 1 is 1.12 bits per heavy atom. The third-order valence-corrected chi connectivity index (χ3v) is 6.13. The molecule has 0 radical (unpaired) electrons. The van der Waals surface area contributed by atoms with E-state index in [2.05, 4.69) is 46.9 Å². The zero-order chi connectivity index (χ0) is 17.6. The number of hydrogen-bond donors (Lipinski definition) is 2. The van der Waals surface area contributed by atoms with Crippen molar-refractivity contribution in [2.75, 3.05) is 18.4 Å². The van der Waals surface area contributed by atoms with E-state index in [4.69, 9.17) is 4.98 Å². The quantitative estimate of drug-likeness (QED) is 0.764. The zero-order valence-corrected chi connectivity index (χ0v) is 15.3. The fourth-order valence-electron chi connectivity index (χ4n) is 4.60. The Hall–Kier alpha value is -2.40. The van der Waals surface area contributed by atoms with Crippen molar-refractivity contribution < 1.29 is 0 Å². The molecule has 2 aliphatic rings. The van der Waals surface area contributed by atoms with Crippen LogP contribution >= 0.6 is 0 Å². The number of aryl methyl sites for hydroxylation is 1. The maximum absolute atomic E-state index is 5.05. The third kappa shape index (κ3) is 2.50. The minimum Gasteiger partial charge on any atom is -0.366 e. The van der Waals surface area contributed by atoms with E-state index in [0.717, 1.165) is 37.5 Å². The molecule has 3 aromatic rings. The van der Waals surface area contributed by atoms with E-state index < -0.39 is 0 Å². The highest BCUT2D eigenvalue weighted by Crippen LogP contribution is 2.46. The Balaban J connectivity index is 1.54. The van der Waals surface area contributed by atoms with Gasteiger partial charge in [0.05, 0.1) is 11.9 Å². The van der Waals surface area contributed by atoms with Crippen LogP contribution in [-0.4, -0.2) is 27.7 Å². The van der Waals surface area contributed by atoms with Crippen molar-refractivity contribution in [3.63, 3.8) is 0 Å². The van der Waals surface area contributed by atoms with Gasteiger partial charge in [-0.25, -0.2) is 4.98 Å². The molecule has 0 amide bonds. The predicted molar refractivity (Wildman–Crippen MR) is 104 cm³/mol. The second kappa shape index (κ2) is 6.09. The van der Waals surface area contributed by atoms with Crippen molar-refractivity contribution in [3.8, 4) is 0 Å². The van der Waals surface area contributed by atoms with Gasteiger partial charge in [0.25, 0.3) is 0 Å². The summed E-state index contributed by atoms with van der Waals surface area (Å²) in [6.45, 7) is 5.12. The first-order chi connectivity index (χ1) is 12.8. The molecule has 134 valence electrons. The average Bonchev–Trinajstić information content (AvgIpc) is 3.27. The number of nitrogens with one attached hydrogen (secondary N) is 2. The van der Waals surface area contributed by atoms with Crippen LogP contribution in [0.5, 0.6) is 0 Å². The van der Waals surface area contributed by atoms with Crippen LogP contribution in [0.15, 0.2) is 36.5 Å². The first-order valence-corrected chi connectivity index (χ1v) is 9.62. The van der Waals surface area contributed by atoms with Crippen molar-refractivity contribution in [2.45, 2.75) is 44.6 Å². The standard InChI is InChI=1S/C21H25N5/c1-15-2-4-16(5-3-15)14-23-20-17-6-8-21(9-12-22-13-10-21)19(17)25-18-7-11-24-26(18)20/h2-5,7,11,22-23H,6,8-10,12-14H2,1H3. The maximum Gasteiger partial charge on any atom is 0.157 e. The molecule has 1 spiro atoms. The number of piperidine rings is 1. The zero-order valence-electron chi connectivity index (χ0n) is 15.3. The molecule has 5 heteroatoms. The van der Waals surface area contributed by atoms with Crippen molar-refractivity contribution in [2.24, 2.45) is 0 Å². The normalized spacial score (nSPS) is 18.3. The summed E-state index contributed by atoms with van der Waals surface area (Å²) in [6, 6.07) is 10.7. The van der Waals surface area contributed by atoms with E-state index in [1.54, 1.807) is 0 Å². The lowest BCUT2D eigenvalue weighted by atomic mass is 9.77. The van der Waals surface area contributed by atoms with Gasteiger partial charge in [0.2, 0.25) is 0 Å². The van der Waals surface area contributed by atoms with Crippen LogP contribution in [0, 0.1) is 6.92 Å². The summed E-state index contributed by atoms with van der Waals surface area (Å²) >= 11 is 0. The highest BCUT2D eigenvalue weighted by molar-refractivity contribution is 5.59. The minimum absolute atomic E-state index is 0.257. The van der Waals surface area contributed by atoms with Crippen LogP contribution in [0.25, 0.3) is 5.65 Å². The molecule has 1 saturated heterocycles. The van der Waals surface area contributed by atoms with Crippen LogP contribution in [0.4, 0.5) is 5.82 Å². The summed E-state index contributed by atoms with van der Waals surface area (Å²) in [5.41, 5.74) is 6.48. The highest BCUT2D eigenvalue weighted by atomic mass is 15.3. The first kappa shape index (κ1) is 15.8. The van der Waals surface area contributed by atoms with E-state index in [-0.39, 0.29) is 5.41 Å². The lowest BCUT2D eigenvalue weighted by Crippen LogP contribution is -2.39. The van der Waals surface area contributed by atoms with Crippen LogP contribution in [-0.2, 0) is 18.4 Å². The topological polar surface area (TPSA) is 54.2 Å². The molecule has 3 heterocycles. The SMILES string of the molecule is Cc1ccc(CNc2c3c(nc4ccnn24)C2(CCNCC2)CC3)cc1. The molecule has 1 aliphatic carbocycles. The van der Waals surface area contributed by atoms with Crippen molar-refractivity contribution in [1.29, 1.82) is 0 Å². The summed E-state index contributed by atoms with van der Waals surface area (Å²) in [7, 11) is 0. The van der Waals surface area contributed by atoms with Crippen molar-refractivity contribution in [1.82, 2.24) is 19.9 Å². The number of nitrogens with zero attached hydrogens (tertiary/aromatic N) is 3. The van der Waals surface area contributed by atoms with Gasteiger partial charge in [0.15, 0.2) is 5.65 Å². The number of anilines is 1. The van der Waals surface area contributed by atoms with Gasteiger partial charge in [0, 0.05) is 23.6 Å². The molecule has 1 aromatic carbocycles. The van der Waals surface area contributed by atoms with E-state index in [9.17, 15) is 0 Å². The van der Waals surface area contributed by atoms with E-state index in [1.165, 1.54) is 41.6 Å². The van der Waals surface area contributed by atoms with E-state index in [1.807, 2.05) is 16.8 Å². The molecular formula is C21H25N5. The lowest BCUT2D eigenvalue weighted by molar-refractivity contribution is 0.301. The third-order valence-electron chi connectivity index (χ3n) is 6.13. The summed E-state index contributed by atoms with van der Waals surface area (Å²) in [5.74, 6) is 1.13. The van der Waals surface area contributed by atoms with Crippen LogP contribution < -0.4 is 10.6 Å². The molecule has 5 rings (SSSR count). The van der Waals surface area contributed by atoms with Crippen molar-refractivity contribution in [3.05, 3.63) is 58.9 Å². The Kier molecular flexibility index (Phi) is 3.71. The Labute approximate surface area is 153 Å². The average molecular weight is 347 g/mol. The van der Waals surface area contributed by atoms with Crippen LogP contribution in [0.2, 0.25) is 0 Å². The van der Waals surface area contributed by atoms with Crippen LogP contribution in [0.3, 0.4) is 0 Å². The first-order valence-electron chi connectivity index (χ1n) is 9.62. The van der Waals surface area contributed by atoms with Crippen molar-refractivity contribution >= 4 is 11.5 Å². The Bertz CT molecular complexity index is 935. The summed E-state index contributed by atoms with van der Waals surface area (Å²) in [6.07, 6.45) is 6.53. The molecule has 26 heavy (non-hydrogen) atoms. The monoisotopic (exact) mass is 347 g/mol. The fraction of sp³-hybridized carbons (Fsp3) is 0.429. The lowest BCUT2D eigenvalue weighted by Gasteiger charge is -2.34. The van der Waals surface area contributed by atoms with Gasteiger partial charge in [-0.3, -0.25) is 0 Å². The molecule has 2 aromatic heterocycles. The second-order valence-electron chi connectivity index (χ2n) is 7.76. The maximum atomic E-state index is 5.05. The van der Waals surface area contributed by atoms with Gasteiger partial charge in [-0.2, -0.15) is 9.61 Å². The molecule has 0 saturated carbocycles. The number of aromatic nitrogens is 3. The molecule has 0 bridgehead atoms. The molecule has 1 fully saturated rings. The molecule has 5 nitrogen and oxygen atoms in total. The van der Waals surface area contributed by atoms with Gasteiger partial charge in [-0.15, -0.1) is 0 Å². The van der Waals surface area contributed by atoms with Gasteiger partial charge in [0.1, 0.15) is 5.82 Å².